The van der Waals surface area contributed by atoms with Crippen molar-refractivity contribution in [2.45, 2.75) is 12.5 Å². The first-order valence-electron chi connectivity index (χ1n) is 2.40. The molecule has 0 heterocycles. The molecule has 3 heteroatoms. The predicted molar refractivity (Wildman–Crippen MR) is 35.3 cm³/mol. The van der Waals surface area contributed by atoms with Gasteiger partial charge < -0.3 is 4.43 Å². The van der Waals surface area contributed by atoms with Gasteiger partial charge in [-0.15, -0.1) is 0 Å². The van der Waals surface area contributed by atoms with E-state index in [2.05, 4.69) is 0 Å². The van der Waals surface area contributed by atoms with Crippen LogP contribution in [0.2, 0.25) is 6.04 Å². The summed E-state index contributed by atoms with van der Waals surface area (Å²) < 4.78 is 4.94. The maximum Gasteiger partial charge on any atom is 0.145 e. The van der Waals surface area contributed by atoms with Gasteiger partial charge in [0.25, 0.3) is 0 Å². The average molecular weight is 120 g/mol. The van der Waals surface area contributed by atoms with E-state index in [1.54, 1.807) is 0 Å². The summed E-state index contributed by atoms with van der Waals surface area (Å²) in [6.07, 6.45) is 1.29. The Morgan fingerprint density at radius 2 is 2.17 bits per heavy atom. The Bertz CT molecular complexity index is 20.8. The molecule has 0 aromatic rings. The van der Waals surface area contributed by atoms with Gasteiger partial charge in [-0.25, -0.2) is 0 Å². The summed E-state index contributed by atoms with van der Waals surface area (Å²) >= 11 is 0. The molecule has 0 atom stereocenters. The second-order valence-electron chi connectivity index (χ2n) is 1.35. The van der Waals surface area contributed by atoms with Gasteiger partial charge in [0.05, 0.1) is 0 Å². The van der Waals surface area contributed by atoms with Crippen molar-refractivity contribution >= 4 is 20.7 Å². The first-order chi connectivity index (χ1) is 2.91. The lowest BCUT2D eigenvalue weighted by Gasteiger charge is -1.90. The SMILES string of the molecule is [SiH3]CCCO[SiH3]. The fourth-order valence-electron chi connectivity index (χ4n) is 0.289. The molecule has 0 saturated heterocycles. The van der Waals surface area contributed by atoms with E-state index in [9.17, 15) is 0 Å². The maximum atomic E-state index is 4.94. The minimum atomic E-state index is 0.919. The molecule has 6 heavy (non-hydrogen) atoms. The van der Waals surface area contributed by atoms with E-state index >= 15 is 0 Å². The van der Waals surface area contributed by atoms with Crippen LogP contribution in [-0.4, -0.2) is 27.3 Å². The summed E-state index contributed by atoms with van der Waals surface area (Å²) in [5, 5.41) is 0. The summed E-state index contributed by atoms with van der Waals surface area (Å²) in [4.78, 5) is 0. The zero-order valence-corrected chi connectivity index (χ0v) is 8.53. The molecule has 0 saturated carbocycles. The highest BCUT2D eigenvalue weighted by atomic mass is 28.2. The Hall–Kier alpha value is 0.394. The smallest absolute Gasteiger partial charge is 0.145 e. The third-order valence-electron chi connectivity index (χ3n) is 0.702. The molecule has 0 aliphatic heterocycles. The minimum Gasteiger partial charge on any atom is -0.428 e. The summed E-state index contributed by atoms with van der Waals surface area (Å²) in [5.41, 5.74) is 0. The van der Waals surface area contributed by atoms with Crippen LogP contribution in [0.3, 0.4) is 0 Å². The lowest BCUT2D eigenvalue weighted by atomic mass is 10.5. The minimum absolute atomic E-state index is 0.919. The van der Waals surface area contributed by atoms with Gasteiger partial charge in [0.2, 0.25) is 0 Å². The molecule has 38 valence electrons. The normalized spacial score (nSPS) is 10.0. The Kier molecular flexibility index (Phi) is 5.75. The molecule has 0 fully saturated rings. The van der Waals surface area contributed by atoms with E-state index in [1.807, 2.05) is 0 Å². The maximum absolute atomic E-state index is 4.94. The largest absolute Gasteiger partial charge is 0.428 e. The van der Waals surface area contributed by atoms with Crippen LogP contribution in [0.5, 0.6) is 0 Å². The van der Waals surface area contributed by atoms with Crippen molar-refractivity contribution in [2.24, 2.45) is 0 Å². The summed E-state index contributed by atoms with van der Waals surface area (Å²) in [5.74, 6) is 0. The standard InChI is InChI=1S/C3H12OSi2/c5-3-1-2-4-6/h1-3H2,5-6H3. The van der Waals surface area contributed by atoms with Gasteiger partial charge in [-0.1, -0.05) is 6.04 Å². The molecule has 0 aromatic carbocycles. The van der Waals surface area contributed by atoms with E-state index in [0.29, 0.717) is 0 Å². The molecule has 0 rings (SSSR count). The molecular weight excluding hydrogens is 108 g/mol. The lowest BCUT2D eigenvalue weighted by Crippen LogP contribution is -1.86. The highest BCUT2D eigenvalue weighted by molar-refractivity contribution is 6.08. The summed E-state index contributed by atoms with van der Waals surface area (Å²) in [6.45, 7) is 1.01. The van der Waals surface area contributed by atoms with Crippen LogP contribution in [0.4, 0.5) is 0 Å². The fourth-order valence-corrected chi connectivity index (χ4v) is 0.866. The molecule has 0 radical (unpaired) electrons. The van der Waals surface area contributed by atoms with Crippen molar-refractivity contribution in [3.05, 3.63) is 0 Å². The van der Waals surface area contributed by atoms with Crippen molar-refractivity contribution < 1.29 is 4.43 Å². The molecule has 0 N–H and O–H groups in total. The fraction of sp³-hybridized carbons (Fsp3) is 1.00. The van der Waals surface area contributed by atoms with Crippen molar-refractivity contribution in [3.8, 4) is 0 Å². The van der Waals surface area contributed by atoms with Crippen LogP contribution in [0.15, 0.2) is 0 Å². The molecule has 0 aromatic heterocycles. The number of hydrogen-bond donors (Lipinski definition) is 0. The highest BCUT2D eigenvalue weighted by Gasteiger charge is 1.74. The zero-order chi connectivity index (χ0) is 4.83. The Labute approximate surface area is 45.0 Å². The van der Waals surface area contributed by atoms with Crippen molar-refractivity contribution in [1.82, 2.24) is 0 Å². The van der Waals surface area contributed by atoms with Crippen LogP contribution in [0.25, 0.3) is 0 Å². The average Bonchev–Trinajstić information content (AvgIpc) is 1.61. The third-order valence-corrected chi connectivity index (χ3v) is 1.82. The van der Waals surface area contributed by atoms with Crippen LogP contribution in [0.1, 0.15) is 6.42 Å². The van der Waals surface area contributed by atoms with Gasteiger partial charge in [-0.3, -0.25) is 0 Å². The van der Waals surface area contributed by atoms with Gasteiger partial charge in [0, 0.05) is 16.8 Å². The molecule has 1 nitrogen and oxygen atoms in total. The van der Waals surface area contributed by atoms with Gasteiger partial charge in [0.15, 0.2) is 0 Å². The first-order valence-corrected chi connectivity index (χ1v) is 4.63. The lowest BCUT2D eigenvalue weighted by molar-refractivity contribution is 0.349. The summed E-state index contributed by atoms with van der Waals surface area (Å²) in [7, 11) is 2.26. The molecule has 0 unspecified atom stereocenters. The Morgan fingerprint density at radius 1 is 1.50 bits per heavy atom. The van der Waals surface area contributed by atoms with Gasteiger partial charge >= 0.3 is 0 Å². The molecule has 0 amide bonds. The highest BCUT2D eigenvalue weighted by Crippen LogP contribution is 1.80. The molecule has 0 aliphatic carbocycles. The summed E-state index contributed by atoms with van der Waals surface area (Å²) in [6, 6.07) is 1.39. The monoisotopic (exact) mass is 120 g/mol. The van der Waals surface area contributed by atoms with E-state index in [4.69, 9.17) is 4.43 Å². The Balaban J connectivity index is 2.34. The van der Waals surface area contributed by atoms with E-state index in [-0.39, 0.29) is 0 Å². The third kappa shape index (κ3) is 4.39. The van der Waals surface area contributed by atoms with Crippen LogP contribution in [-0.2, 0) is 4.43 Å². The van der Waals surface area contributed by atoms with Crippen LogP contribution < -0.4 is 0 Å². The molecular formula is C3H12OSi2. The first kappa shape index (κ1) is 6.39. The van der Waals surface area contributed by atoms with Crippen molar-refractivity contribution in [3.63, 3.8) is 0 Å². The second-order valence-corrected chi connectivity index (χ2v) is 2.92. The molecule has 0 spiro atoms. The van der Waals surface area contributed by atoms with Gasteiger partial charge in [-0.05, 0) is 6.42 Å². The van der Waals surface area contributed by atoms with Crippen molar-refractivity contribution in [2.75, 3.05) is 6.61 Å². The van der Waals surface area contributed by atoms with Gasteiger partial charge in [-0.2, -0.15) is 0 Å². The topological polar surface area (TPSA) is 9.23 Å². The van der Waals surface area contributed by atoms with E-state index in [0.717, 1.165) is 17.1 Å². The van der Waals surface area contributed by atoms with Crippen LogP contribution in [0, 0.1) is 0 Å². The van der Waals surface area contributed by atoms with E-state index < -0.39 is 0 Å². The number of hydrogen-bond acceptors (Lipinski definition) is 1. The Morgan fingerprint density at radius 3 is 2.33 bits per heavy atom. The van der Waals surface area contributed by atoms with Gasteiger partial charge in [0.1, 0.15) is 10.5 Å². The quantitative estimate of drug-likeness (QED) is 0.324. The predicted octanol–water partition coefficient (Wildman–Crippen LogP) is -1.54. The van der Waals surface area contributed by atoms with Crippen LogP contribution >= 0.6 is 0 Å². The molecule has 0 bridgehead atoms. The second kappa shape index (κ2) is 5.39. The number of rotatable bonds is 3. The van der Waals surface area contributed by atoms with Crippen molar-refractivity contribution in [1.29, 1.82) is 0 Å². The molecule has 0 aliphatic rings. The zero-order valence-electron chi connectivity index (χ0n) is 4.53. The van der Waals surface area contributed by atoms with E-state index in [1.165, 1.54) is 22.7 Å².